The van der Waals surface area contributed by atoms with Gasteiger partial charge in [0.2, 0.25) is 0 Å². The molecule has 0 saturated carbocycles. The van der Waals surface area contributed by atoms with Gasteiger partial charge in [-0.3, -0.25) is 0 Å². The molecule has 0 bridgehead atoms. The highest BCUT2D eigenvalue weighted by molar-refractivity contribution is 4.82. The summed E-state index contributed by atoms with van der Waals surface area (Å²) in [5, 5.41) is 0. The molecular weight excluding hydrogens is 120 g/mol. The molecule has 0 rings (SSSR count). The van der Waals surface area contributed by atoms with Crippen LogP contribution in [0.4, 0.5) is 0 Å². The molecule has 10 heavy (non-hydrogen) atoms. The lowest BCUT2D eigenvalue weighted by atomic mass is 10.0. The fourth-order valence-electron chi connectivity index (χ4n) is 0.821. The van der Waals surface area contributed by atoms with Crippen LogP contribution in [0.1, 0.15) is 39.5 Å². The highest BCUT2D eigenvalue weighted by Gasteiger charge is 1.94. The first-order chi connectivity index (χ1) is 4.81. The van der Waals surface area contributed by atoms with Crippen molar-refractivity contribution in [2.24, 2.45) is 5.92 Å². The van der Waals surface area contributed by atoms with Gasteiger partial charge >= 0.3 is 0 Å². The van der Waals surface area contributed by atoms with E-state index in [0.717, 1.165) is 12.3 Å². The Morgan fingerprint density at radius 2 is 2.10 bits per heavy atom. The molecule has 0 spiro atoms. The Kier molecular flexibility index (Phi) is 6.68. The van der Waals surface area contributed by atoms with Gasteiger partial charge in [-0.25, -0.2) is 0 Å². The average molecular weight is 139 g/mol. The first kappa shape index (κ1) is 9.74. The highest BCUT2D eigenvalue weighted by atomic mass is 14.0. The zero-order valence-corrected chi connectivity index (χ0v) is 7.27. The predicted octanol–water partition coefficient (Wildman–Crippen LogP) is 3.59. The van der Waals surface area contributed by atoms with Crippen LogP contribution < -0.4 is 0 Å². The van der Waals surface area contributed by atoms with Crippen molar-refractivity contribution in [1.29, 1.82) is 0 Å². The third kappa shape index (κ3) is 5.87. The largest absolute Gasteiger partial charge is 0.0885 e. The van der Waals surface area contributed by atoms with Crippen molar-refractivity contribution in [2.75, 3.05) is 0 Å². The summed E-state index contributed by atoms with van der Waals surface area (Å²) in [5.41, 5.74) is 0. The summed E-state index contributed by atoms with van der Waals surface area (Å²) in [6, 6.07) is 0. The lowest BCUT2D eigenvalue weighted by molar-refractivity contribution is 0.521. The molecule has 1 radical (unpaired) electrons. The van der Waals surface area contributed by atoms with Gasteiger partial charge in [-0.2, -0.15) is 0 Å². The van der Waals surface area contributed by atoms with E-state index in [1.807, 2.05) is 0 Å². The highest BCUT2D eigenvalue weighted by Crippen LogP contribution is 2.09. The fraction of sp³-hybridized carbons (Fsp3) is 0.700. The maximum absolute atomic E-state index is 3.74. The quantitative estimate of drug-likeness (QED) is 0.510. The van der Waals surface area contributed by atoms with Crippen LogP contribution in [0.5, 0.6) is 0 Å². The van der Waals surface area contributed by atoms with Crippen LogP contribution in [0.3, 0.4) is 0 Å². The normalized spacial score (nSPS) is 14.3. The second-order valence-corrected chi connectivity index (χ2v) is 2.85. The molecule has 0 aromatic carbocycles. The smallest absolute Gasteiger partial charge is 0.0348 e. The van der Waals surface area contributed by atoms with Crippen molar-refractivity contribution < 1.29 is 0 Å². The summed E-state index contributed by atoms with van der Waals surface area (Å²) >= 11 is 0. The van der Waals surface area contributed by atoms with E-state index in [9.17, 15) is 0 Å². The van der Waals surface area contributed by atoms with Crippen LogP contribution in [0.25, 0.3) is 0 Å². The Hall–Kier alpha value is -0.260. The molecule has 0 heterocycles. The van der Waals surface area contributed by atoms with Crippen molar-refractivity contribution in [3.63, 3.8) is 0 Å². The molecule has 0 aliphatic heterocycles. The number of hydrogen-bond donors (Lipinski definition) is 0. The summed E-state index contributed by atoms with van der Waals surface area (Å²) < 4.78 is 0. The molecule has 0 aromatic heterocycles. The van der Waals surface area contributed by atoms with Crippen molar-refractivity contribution >= 4 is 0 Å². The molecule has 0 nitrogen and oxygen atoms in total. The number of rotatable bonds is 5. The van der Waals surface area contributed by atoms with E-state index in [-0.39, 0.29) is 0 Å². The third-order valence-electron chi connectivity index (χ3n) is 1.86. The number of hydrogen-bond acceptors (Lipinski definition) is 0. The van der Waals surface area contributed by atoms with Crippen LogP contribution in [0.2, 0.25) is 0 Å². The zero-order chi connectivity index (χ0) is 7.82. The van der Waals surface area contributed by atoms with E-state index in [4.69, 9.17) is 0 Å². The molecule has 1 unspecified atom stereocenters. The SMILES string of the molecule is [CH2]C/C=C/CCC(C)CC. The van der Waals surface area contributed by atoms with Gasteiger partial charge in [0.05, 0.1) is 0 Å². The molecular formula is C10H19. The molecule has 0 saturated heterocycles. The maximum atomic E-state index is 3.74. The topological polar surface area (TPSA) is 0 Å². The minimum atomic E-state index is 0.884. The van der Waals surface area contributed by atoms with E-state index in [0.29, 0.717) is 0 Å². The van der Waals surface area contributed by atoms with E-state index in [1.54, 1.807) is 0 Å². The lowest BCUT2D eigenvalue weighted by Gasteiger charge is -2.03. The van der Waals surface area contributed by atoms with Crippen LogP contribution in [-0.4, -0.2) is 0 Å². The van der Waals surface area contributed by atoms with Gasteiger partial charge in [-0.1, -0.05) is 32.4 Å². The minimum absolute atomic E-state index is 0.884. The minimum Gasteiger partial charge on any atom is -0.0885 e. The molecule has 0 N–H and O–H groups in total. The first-order valence-corrected chi connectivity index (χ1v) is 4.25. The Balaban J connectivity index is 3.10. The van der Waals surface area contributed by atoms with Gasteiger partial charge in [-0.15, -0.1) is 0 Å². The molecule has 0 aromatic rings. The fourth-order valence-corrected chi connectivity index (χ4v) is 0.821. The molecule has 0 fully saturated rings. The molecule has 59 valence electrons. The lowest BCUT2D eigenvalue weighted by Crippen LogP contribution is -1.89. The first-order valence-electron chi connectivity index (χ1n) is 4.25. The summed E-state index contributed by atoms with van der Waals surface area (Å²) in [4.78, 5) is 0. The van der Waals surface area contributed by atoms with Gasteiger partial charge in [0.15, 0.2) is 0 Å². The van der Waals surface area contributed by atoms with E-state index in [2.05, 4.69) is 32.9 Å². The third-order valence-corrected chi connectivity index (χ3v) is 1.86. The summed E-state index contributed by atoms with van der Waals surface area (Å²) in [6.07, 6.45) is 9.16. The van der Waals surface area contributed by atoms with Crippen molar-refractivity contribution in [3.05, 3.63) is 19.1 Å². The van der Waals surface area contributed by atoms with Gasteiger partial charge in [0.25, 0.3) is 0 Å². The summed E-state index contributed by atoms with van der Waals surface area (Å²) in [6.45, 7) is 8.29. The second kappa shape index (κ2) is 6.85. The molecule has 0 amide bonds. The van der Waals surface area contributed by atoms with Crippen molar-refractivity contribution in [3.8, 4) is 0 Å². The van der Waals surface area contributed by atoms with E-state index < -0.39 is 0 Å². The maximum Gasteiger partial charge on any atom is -0.0348 e. The molecule has 1 atom stereocenters. The van der Waals surface area contributed by atoms with Gasteiger partial charge in [0, 0.05) is 0 Å². The van der Waals surface area contributed by atoms with Crippen LogP contribution >= 0.6 is 0 Å². The Morgan fingerprint density at radius 1 is 1.40 bits per heavy atom. The number of allylic oxidation sites excluding steroid dienone is 2. The van der Waals surface area contributed by atoms with E-state index in [1.165, 1.54) is 19.3 Å². The average Bonchev–Trinajstić information content (AvgIpc) is 1.98. The Morgan fingerprint density at radius 3 is 2.60 bits per heavy atom. The summed E-state index contributed by atoms with van der Waals surface area (Å²) in [7, 11) is 0. The van der Waals surface area contributed by atoms with E-state index >= 15 is 0 Å². The molecule has 0 aliphatic rings. The van der Waals surface area contributed by atoms with Gasteiger partial charge in [-0.05, 0) is 32.1 Å². The monoisotopic (exact) mass is 139 g/mol. The van der Waals surface area contributed by atoms with Crippen LogP contribution in [0, 0.1) is 12.8 Å². The predicted molar refractivity (Wildman–Crippen MR) is 47.8 cm³/mol. The zero-order valence-electron chi connectivity index (χ0n) is 7.27. The van der Waals surface area contributed by atoms with Gasteiger partial charge in [0.1, 0.15) is 0 Å². The Bertz CT molecular complexity index is 82.0. The van der Waals surface area contributed by atoms with Crippen LogP contribution in [-0.2, 0) is 0 Å². The van der Waals surface area contributed by atoms with Crippen LogP contribution in [0.15, 0.2) is 12.2 Å². The Labute approximate surface area is 65.3 Å². The van der Waals surface area contributed by atoms with Gasteiger partial charge < -0.3 is 0 Å². The molecule has 0 aliphatic carbocycles. The van der Waals surface area contributed by atoms with Crippen molar-refractivity contribution in [1.82, 2.24) is 0 Å². The second-order valence-electron chi connectivity index (χ2n) is 2.85. The standard InChI is InChI=1S/C10H19/c1-4-6-7-8-9-10(3)5-2/h6-7,10H,1,4-5,8-9H2,2-3H3/b7-6+. The summed E-state index contributed by atoms with van der Waals surface area (Å²) in [5.74, 6) is 0.884. The molecule has 0 heteroatoms. The van der Waals surface area contributed by atoms with Crippen molar-refractivity contribution in [2.45, 2.75) is 39.5 Å².